The highest BCUT2D eigenvalue weighted by Crippen LogP contribution is 2.29. The number of benzene rings is 1. The number of hydrogen-bond acceptors (Lipinski definition) is 4. The van der Waals surface area contributed by atoms with Crippen LogP contribution < -0.4 is 0 Å². The van der Waals surface area contributed by atoms with Crippen molar-refractivity contribution in [1.29, 1.82) is 0 Å². The lowest BCUT2D eigenvalue weighted by Gasteiger charge is -2.30. The van der Waals surface area contributed by atoms with Crippen molar-refractivity contribution in [3.63, 3.8) is 0 Å². The maximum absolute atomic E-state index is 12.7. The number of nitrogens with zero attached hydrogens (tertiary/aromatic N) is 3. The molecule has 126 valence electrons. The zero-order chi connectivity index (χ0) is 17.3. The molecule has 5 nitrogen and oxygen atoms in total. The first-order valence-electron chi connectivity index (χ1n) is 8.44. The summed E-state index contributed by atoms with van der Waals surface area (Å²) in [7, 11) is 1.79. The quantitative estimate of drug-likeness (QED) is 0.870. The topological polar surface area (TPSA) is 63.2 Å². The maximum Gasteiger partial charge on any atom is 0.226 e. The van der Waals surface area contributed by atoms with Gasteiger partial charge in [-0.1, -0.05) is 25.1 Å². The van der Waals surface area contributed by atoms with Crippen LogP contribution >= 0.6 is 0 Å². The molecule has 1 fully saturated rings. The second-order valence-corrected chi connectivity index (χ2v) is 6.80. The zero-order valence-electron chi connectivity index (χ0n) is 14.5. The molecular formula is C19H23N3O2. The van der Waals surface area contributed by atoms with Gasteiger partial charge in [-0.25, -0.2) is 9.97 Å². The molecule has 1 saturated carbocycles. The third kappa shape index (κ3) is 3.30. The van der Waals surface area contributed by atoms with E-state index in [1.54, 1.807) is 11.9 Å². The number of fused-ring (bicyclic) bond motifs is 1. The Labute approximate surface area is 142 Å². The van der Waals surface area contributed by atoms with Crippen molar-refractivity contribution in [3.8, 4) is 0 Å². The average Bonchev–Trinajstić information content (AvgIpc) is 2.54. The van der Waals surface area contributed by atoms with Gasteiger partial charge >= 0.3 is 0 Å². The van der Waals surface area contributed by atoms with E-state index in [1.165, 1.54) is 0 Å². The number of hydrogen-bond donors (Lipinski definition) is 0. The Balaban J connectivity index is 1.75. The van der Waals surface area contributed by atoms with E-state index >= 15 is 0 Å². The summed E-state index contributed by atoms with van der Waals surface area (Å²) in [5.41, 5.74) is 1.82. The van der Waals surface area contributed by atoms with E-state index in [0.717, 1.165) is 16.6 Å². The molecule has 0 bridgehead atoms. The summed E-state index contributed by atoms with van der Waals surface area (Å²) >= 11 is 0. The average molecular weight is 325 g/mol. The van der Waals surface area contributed by atoms with Gasteiger partial charge in [0.05, 0.1) is 12.1 Å². The molecule has 3 rings (SSSR count). The minimum atomic E-state index is -0.0748. The molecule has 0 spiro atoms. The predicted molar refractivity (Wildman–Crippen MR) is 92.3 cm³/mol. The summed E-state index contributed by atoms with van der Waals surface area (Å²) in [6, 6.07) is 7.89. The van der Waals surface area contributed by atoms with Crippen molar-refractivity contribution in [3.05, 3.63) is 35.8 Å². The van der Waals surface area contributed by atoms with Gasteiger partial charge in [-0.15, -0.1) is 0 Å². The van der Waals surface area contributed by atoms with E-state index in [1.807, 2.05) is 38.1 Å². The minimum absolute atomic E-state index is 0.0748. The lowest BCUT2D eigenvalue weighted by molar-refractivity contribution is -0.139. The van der Waals surface area contributed by atoms with Gasteiger partial charge in [-0.3, -0.25) is 9.59 Å². The molecule has 1 aliphatic rings. The Morgan fingerprint density at radius 2 is 2.04 bits per heavy atom. The lowest BCUT2D eigenvalue weighted by Crippen LogP contribution is -2.38. The SMILES string of the molecule is Cc1nc(CN(C)C(=O)[C@H]2CCC(=O)C[C@H]2C)nc2ccccc12. The summed E-state index contributed by atoms with van der Waals surface area (Å²) < 4.78 is 0. The van der Waals surface area contributed by atoms with Crippen LogP contribution in [0.15, 0.2) is 24.3 Å². The molecule has 1 heterocycles. The first kappa shape index (κ1) is 16.6. The van der Waals surface area contributed by atoms with Crippen molar-refractivity contribution >= 4 is 22.6 Å². The van der Waals surface area contributed by atoms with Gasteiger partial charge in [0, 0.05) is 36.9 Å². The summed E-state index contributed by atoms with van der Waals surface area (Å²) in [5.74, 6) is 1.04. The van der Waals surface area contributed by atoms with E-state index in [-0.39, 0.29) is 23.5 Å². The lowest BCUT2D eigenvalue weighted by atomic mass is 9.79. The van der Waals surface area contributed by atoms with Crippen LogP contribution in [0.3, 0.4) is 0 Å². The number of aromatic nitrogens is 2. The summed E-state index contributed by atoms with van der Waals surface area (Å²) in [4.78, 5) is 35.1. The Bertz CT molecular complexity index is 787. The minimum Gasteiger partial charge on any atom is -0.338 e. The first-order valence-corrected chi connectivity index (χ1v) is 8.44. The highest BCUT2D eigenvalue weighted by molar-refractivity contribution is 5.85. The van der Waals surface area contributed by atoms with Crippen molar-refractivity contribution < 1.29 is 9.59 Å². The molecule has 0 radical (unpaired) electrons. The molecule has 1 aromatic carbocycles. The number of carbonyl (C=O) groups excluding carboxylic acids is 2. The number of amides is 1. The van der Waals surface area contributed by atoms with Gasteiger partial charge in [0.1, 0.15) is 11.6 Å². The fourth-order valence-electron chi connectivity index (χ4n) is 3.51. The molecule has 1 amide bonds. The van der Waals surface area contributed by atoms with E-state index < -0.39 is 0 Å². The molecule has 2 atom stereocenters. The van der Waals surface area contributed by atoms with Crippen molar-refractivity contribution in [2.75, 3.05) is 7.05 Å². The molecule has 0 saturated heterocycles. The van der Waals surface area contributed by atoms with Crippen LogP contribution in [0.5, 0.6) is 0 Å². The van der Waals surface area contributed by atoms with Gasteiger partial charge in [-0.2, -0.15) is 0 Å². The van der Waals surface area contributed by atoms with Crippen LogP contribution in [0.4, 0.5) is 0 Å². The third-order valence-electron chi connectivity index (χ3n) is 4.88. The Hall–Kier alpha value is -2.30. The Morgan fingerprint density at radius 1 is 1.29 bits per heavy atom. The predicted octanol–water partition coefficient (Wildman–Crippen LogP) is 2.90. The van der Waals surface area contributed by atoms with Crippen LogP contribution in [0.1, 0.15) is 37.7 Å². The number of carbonyl (C=O) groups is 2. The molecule has 1 aliphatic carbocycles. The number of Topliss-reactive ketones (excluding diaryl/α,β-unsaturated/α-hetero) is 1. The number of ketones is 1. The third-order valence-corrected chi connectivity index (χ3v) is 4.88. The summed E-state index contributed by atoms with van der Waals surface area (Å²) in [6.07, 6.45) is 1.68. The number of para-hydroxylation sites is 1. The summed E-state index contributed by atoms with van der Waals surface area (Å²) in [5, 5.41) is 1.04. The smallest absolute Gasteiger partial charge is 0.226 e. The van der Waals surface area contributed by atoms with Gasteiger partial charge in [0.15, 0.2) is 0 Å². The normalized spacial score (nSPS) is 21.0. The molecule has 24 heavy (non-hydrogen) atoms. The van der Waals surface area contributed by atoms with Crippen LogP contribution in [-0.4, -0.2) is 33.6 Å². The largest absolute Gasteiger partial charge is 0.338 e. The van der Waals surface area contributed by atoms with Crippen LogP contribution in [0, 0.1) is 18.8 Å². The second-order valence-electron chi connectivity index (χ2n) is 6.80. The zero-order valence-corrected chi connectivity index (χ0v) is 14.5. The number of aryl methyl sites for hydroxylation is 1. The molecule has 0 N–H and O–H groups in total. The molecule has 2 aromatic rings. The highest BCUT2D eigenvalue weighted by Gasteiger charge is 2.33. The molecular weight excluding hydrogens is 302 g/mol. The van der Waals surface area contributed by atoms with E-state index in [0.29, 0.717) is 31.6 Å². The monoisotopic (exact) mass is 325 g/mol. The van der Waals surface area contributed by atoms with Gasteiger partial charge in [0.2, 0.25) is 5.91 Å². The fourth-order valence-corrected chi connectivity index (χ4v) is 3.51. The van der Waals surface area contributed by atoms with Crippen LogP contribution in [0.25, 0.3) is 10.9 Å². The molecule has 5 heteroatoms. The van der Waals surface area contributed by atoms with E-state index in [2.05, 4.69) is 9.97 Å². The maximum atomic E-state index is 12.7. The Kier molecular flexibility index (Phi) is 4.60. The standard InChI is InChI=1S/C19H23N3O2/c1-12-10-14(23)8-9-15(12)19(24)22(3)11-18-20-13(2)16-6-4-5-7-17(16)21-18/h4-7,12,15H,8-11H2,1-3H3/t12-,15+/m1/s1. The molecule has 0 unspecified atom stereocenters. The fraction of sp³-hybridized carbons (Fsp3) is 0.474. The van der Waals surface area contributed by atoms with Gasteiger partial charge in [-0.05, 0) is 25.3 Å². The van der Waals surface area contributed by atoms with Crippen LogP contribution in [0.2, 0.25) is 0 Å². The Morgan fingerprint density at radius 3 is 2.79 bits per heavy atom. The van der Waals surface area contributed by atoms with Gasteiger partial charge in [0.25, 0.3) is 0 Å². The van der Waals surface area contributed by atoms with Crippen molar-refractivity contribution in [2.24, 2.45) is 11.8 Å². The van der Waals surface area contributed by atoms with Gasteiger partial charge < -0.3 is 4.90 Å². The summed E-state index contributed by atoms with van der Waals surface area (Å²) in [6.45, 7) is 4.34. The van der Waals surface area contributed by atoms with Crippen molar-refractivity contribution in [2.45, 2.75) is 39.7 Å². The highest BCUT2D eigenvalue weighted by atomic mass is 16.2. The van der Waals surface area contributed by atoms with Crippen molar-refractivity contribution in [1.82, 2.24) is 14.9 Å². The second kappa shape index (κ2) is 6.67. The van der Waals surface area contributed by atoms with Crippen LogP contribution in [-0.2, 0) is 16.1 Å². The molecule has 1 aromatic heterocycles. The van der Waals surface area contributed by atoms with E-state index in [9.17, 15) is 9.59 Å². The first-order chi connectivity index (χ1) is 11.5. The van der Waals surface area contributed by atoms with E-state index in [4.69, 9.17) is 0 Å². The number of rotatable bonds is 3. The molecule has 0 aliphatic heterocycles.